The molecule has 16 heavy (non-hydrogen) atoms. The Balaban J connectivity index is 0. The first-order valence-electron chi connectivity index (χ1n) is 5.89. The molecule has 0 aromatic carbocycles. The van der Waals surface area contributed by atoms with E-state index in [1.54, 1.807) is 4.90 Å². The standard InChI is InChI=1S/C12H26N2O.ClH/c1-6-10(4)8-14(5)12(15)11(13)7-9(2)3;/h9-11H,6-8,13H2,1-5H3;1H/t10?,11-;/m0./s1. The first-order chi connectivity index (χ1) is 6.88. The lowest BCUT2D eigenvalue weighted by Gasteiger charge is -2.24. The van der Waals surface area contributed by atoms with E-state index in [1.165, 1.54) is 0 Å². The lowest BCUT2D eigenvalue weighted by atomic mass is 10.0. The molecule has 0 spiro atoms. The molecule has 1 unspecified atom stereocenters. The Bertz CT molecular complexity index is 197. The highest BCUT2D eigenvalue weighted by molar-refractivity contribution is 5.85. The van der Waals surface area contributed by atoms with Crippen LogP contribution >= 0.6 is 12.4 Å². The highest BCUT2D eigenvalue weighted by Crippen LogP contribution is 2.08. The van der Waals surface area contributed by atoms with Crippen LogP contribution in [-0.4, -0.2) is 30.4 Å². The summed E-state index contributed by atoms with van der Waals surface area (Å²) in [7, 11) is 1.84. The summed E-state index contributed by atoms with van der Waals surface area (Å²) in [5.74, 6) is 1.09. The molecule has 0 heterocycles. The fourth-order valence-corrected chi connectivity index (χ4v) is 1.58. The number of hydrogen-bond acceptors (Lipinski definition) is 2. The maximum atomic E-state index is 11.8. The molecule has 2 N–H and O–H groups in total. The van der Waals surface area contributed by atoms with Crippen molar-refractivity contribution in [3.8, 4) is 0 Å². The summed E-state index contributed by atoms with van der Waals surface area (Å²) < 4.78 is 0. The van der Waals surface area contributed by atoms with E-state index in [-0.39, 0.29) is 24.4 Å². The van der Waals surface area contributed by atoms with Crippen molar-refractivity contribution < 1.29 is 4.79 Å². The summed E-state index contributed by atoms with van der Waals surface area (Å²) in [6.07, 6.45) is 1.86. The molecule has 0 saturated heterocycles. The SMILES string of the molecule is CCC(C)CN(C)C(=O)[C@@H](N)CC(C)C.Cl. The Morgan fingerprint density at radius 3 is 2.19 bits per heavy atom. The largest absolute Gasteiger partial charge is 0.344 e. The third-order valence-electron chi connectivity index (χ3n) is 2.70. The molecule has 0 aromatic heterocycles. The van der Waals surface area contributed by atoms with Gasteiger partial charge in [-0.05, 0) is 18.3 Å². The molecule has 0 bridgehead atoms. The van der Waals surface area contributed by atoms with Crippen LogP contribution in [-0.2, 0) is 4.79 Å². The topological polar surface area (TPSA) is 46.3 Å². The van der Waals surface area contributed by atoms with Gasteiger partial charge in [0.25, 0.3) is 0 Å². The van der Waals surface area contributed by atoms with E-state index in [0.29, 0.717) is 11.8 Å². The van der Waals surface area contributed by atoms with Crippen molar-refractivity contribution in [3.63, 3.8) is 0 Å². The number of amides is 1. The van der Waals surface area contributed by atoms with Gasteiger partial charge in [-0.1, -0.05) is 34.1 Å². The van der Waals surface area contributed by atoms with Crippen LogP contribution in [0, 0.1) is 11.8 Å². The Labute approximate surface area is 106 Å². The van der Waals surface area contributed by atoms with Gasteiger partial charge in [0.15, 0.2) is 0 Å². The van der Waals surface area contributed by atoms with E-state index in [9.17, 15) is 4.79 Å². The number of likely N-dealkylation sites (N-methyl/N-ethyl adjacent to an activating group) is 1. The van der Waals surface area contributed by atoms with Gasteiger partial charge >= 0.3 is 0 Å². The van der Waals surface area contributed by atoms with E-state index < -0.39 is 0 Å². The van der Waals surface area contributed by atoms with Crippen LogP contribution in [0.3, 0.4) is 0 Å². The second-order valence-electron chi connectivity index (χ2n) is 4.97. The number of hydrogen-bond donors (Lipinski definition) is 1. The molecule has 2 atom stereocenters. The monoisotopic (exact) mass is 250 g/mol. The Hall–Kier alpha value is -0.280. The van der Waals surface area contributed by atoms with Crippen LogP contribution in [0.4, 0.5) is 0 Å². The van der Waals surface area contributed by atoms with Gasteiger partial charge < -0.3 is 10.6 Å². The van der Waals surface area contributed by atoms with E-state index in [2.05, 4.69) is 27.7 Å². The number of halogens is 1. The van der Waals surface area contributed by atoms with Crippen LogP contribution in [0.1, 0.15) is 40.5 Å². The van der Waals surface area contributed by atoms with Crippen molar-refractivity contribution in [1.29, 1.82) is 0 Å². The normalized spacial score (nSPS) is 14.2. The minimum absolute atomic E-state index is 0. The predicted molar refractivity (Wildman–Crippen MR) is 71.8 cm³/mol. The van der Waals surface area contributed by atoms with Crippen LogP contribution in [0.2, 0.25) is 0 Å². The number of carbonyl (C=O) groups excluding carboxylic acids is 1. The zero-order chi connectivity index (χ0) is 12.0. The van der Waals surface area contributed by atoms with Gasteiger partial charge in [0.05, 0.1) is 6.04 Å². The van der Waals surface area contributed by atoms with E-state index >= 15 is 0 Å². The summed E-state index contributed by atoms with van der Waals surface area (Å²) >= 11 is 0. The summed E-state index contributed by atoms with van der Waals surface area (Å²) in [6.45, 7) is 9.26. The van der Waals surface area contributed by atoms with Crippen molar-refractivity contribution in [2.24, 2.45) is 17.6 Å². The molecule has 0 rings (SSSR count). The Kier molecular flexibility index (Phi) is 9.98. The van der Waals surface area contributed by atoms with Crippen LogP contribution in [0.25, 0.3) is 0 Å². The van der Waals surface area contributed by atoms with Gasteiger partial charge in [-0.2, -0.15) is 0 Å². The average Bonchev–Trinajstić information content (AvgIpc) is 2.15. The molecule has 0 saturated carbocycles. The lowest BCUT2D eigenvalue weighted by molar-refractivity contribution is -0.132. The second kappa shape index (κ2) is 8.82. The minimum atomic E-state index is -0.334. The molecular formula is C12H27ClN2O. The highest BCUT2D eigenvalue weighted by Gasteiger charge is 2.19. The number of carbonyl (C=O) groups is 1. The van der Waals surface area contributed by atoms with Crippen molar-refractivity contribution >= 4 is 18.3 Å². The van der Waals surface area contributed by atoms with Gasteiger partial charge in [0.1, 0.15) is 0 Å². The third-order valence-corrected chi connectivity index (χ3v) is 2.70. The lowest BCUT2D eigenvalue weighted by Crippen LogP contribution is -2.43. The summed E-state index contributed by atoms with van der Waals surface area (Å²) in [4.78, 5) is 13.6. The molecule has 1 amide bonds. The summed E-state index contributed by atoms with van der Waals surface area (Å²) in [5.41, 5.74) is 5.85. The van der Waals surface area contributed by atoms with Gasteiger partial charge in [-0.25, -0.2) is 0 Å². The molecule has 0 aliphatic heterocycles. The van der Waals surface area contributed by atoms with Crippen LogP contribution in [0.15, 0.2) is 0 Å². The van der Waals surface area contributed by atoms with Crippen molar-refractivity contribution in [2.45, 2.75) is 46.6 Å². The highest BCUT2D eigenvalue weighted by atomic mass is 35.5. The first kappa shape index (κ1) is 18.1. The van der Waals surface area contributed by atoms with Gasteiger partial charge in [0, 0.05) is 13.6 Å². The maximum absolute atomic E-state index is 11.8. The third kappa shape index (κ3) is 7.07. The number of rotatable bonds is 6. The average molecular weight is 251 g/mol. The number of nitrogens with two attached hydrogens (primary N) is 1. The molecule has 98 valence electrons. The molecule has 4 heteroatoms. The predicted octanol–water partition coefficient (Wildman–Crippen LogP) is 2.29. The molecule has 0 aromatic rings. The smallest absolute Gasteiger partial charge is 0.239 e. The molecule has 0 fully saturated rings. The van der Waals surface area contributed by atoms with E-state index in [1.807, 2.05) is 7.05 Å². The molecular weight excluding hydrogens is 224 g/mol. The van der Waals surface area contributed by atoms with Gasteiger partial charge in [-0.3, -0.25) is 4.79 Å². The molecule has 0 radical (unpaired) electrons. The number of nitrogens with zero attached hydrogens (tertiary/aromatic N) is 1. The maximum Gasteiger partial charge on any atom is 0.239 e. The van der Waals surface area contributed by atoms with Crippen LogP contribution < -0.4 is 5.73 Å². The zero-order valence-electron chi connectivity index (χ0n) is 11.2. The fourth-order valence-electron chi connectivity index (χ4n) is 1.58. The zero-order valence-corrected chi connectivity index (χ0v) is 12.0. The molecule has 3 nitrogen and oxygen atoms in total. The van der Waals surface area contributed by atoms with Gasteiger partial charge in [-0.15, -0.1) is 12.4 Å². The molecule has 0 aliphatic carbocycles. The molecule has 0 aliphatic rings. The van der Waals surface area contributed by atoms with Gasteiger partial charge in [0.2, 0.25) is 5.91 Å². The van der Waals surface area contributed by atoms with Crippen molar-refractivity contribution in [3.05, 3.63) is 0 Å². The van der Waals surface area contributed by atoms with E-state index in [0.717, 1.165) is 19.4 Å². The fraction of sp³-hybridized carbons (Fsp3) is 0.917. The van der Waals surface area contributed by atoms with Crippen LogP contribution in [0.5, 0.6) is 0 Å². The quantitative estimate of drug-likeness (QED) is 0.786. The minimum Gasteiger partial charge on any atom is -0.344 e. The Morgan fingerprint density at radius 1 is 1.31 bits per heavy atom. The Morgan fingerprint density at radius 2 is 1.81 bits per heavy atom. The first-order valence-corrected chi connectivity index (χ1v) is 5.89. The summed E-state index contributed by atoms with van der Waals surface area (Å²) in [6, 6.07) is -0.334. The van der Waals surface area contributed by atoms with Crippen molar-refractivity contribution in [1.82, 2.24) is 4.90 Å². The second-order valence-corrected chi connectivity index (χ2v) is 4.97. The van der Waals surface area contributed by atoms with E-state index in [4.69, 9.17) is 5.73 Å². The summed E-state index contributed by atoms with van der Waals surface area (Å²) in [5, 5.41) is 0. The van der Waals surface area contributed by atoms with Crippen molar-refractivity contribution in [2.75, 3.05) is 13.6 Å².